The maximum Gasteiger partial charge on any atom is 0.266 e. The summed E-state index contributed by atoms with van der Waals surface area (Å²) in [5.41, 5.74) is 0.221. The maximum atomic E-state index is 12.2. The zero-order valence-corrected chi connectivity index (χ0v) is 13.7. The lowest BCUT2D eigenvalue weighted by Gasteiger charge is -2.57. The van der Waals surface area contributed by atoms with E-state index in [2.05, 4.69) is 10.3 Å². The highest BCUT2D eigenvalue weighted by Crippen LogP contribution is 2.56. The number of amidine groups is 1. The van der Waals surface area contributed by atoms with Gasteiger partial charge in [0.1, 0.15) is 4.75 Å². The molecule has 0 saturated heterocycles. The Kier molecular flexibility index (Phi) is 3.16. The van der Waals surface area contributed by atoms with Gasteiger partial charge in [0, 0.05) is 12.6 Å². The average Bonchev–Trinajstić information content (AvgIpc) is 2.61. The summed E-state index contributed by atoms with van der Waals surface area (Å²) >= 11 is 1.56. The molecule has 4 nitrogen and oxygen atoms in total. The van der Waals surface area contributed by atoms with Gasteiger partial charge >= 0.3 is 0 Å². The van der Waals surface area contributed by atoms with E-state index in [1.807, 2.05) is 6.92 Å². The molecule has 1 heterocycles. The molecule has 1 aliphatic heterocycles. The van der Waals surface area contributed by atoms with E-state index in [1.165, 1.54) is 38.5 Å². The van der Waals surface area contributed by atoms with Crippen LogP contribution in [0.3, 0.4) is 0 Å². The summed E-state index contributed by atoms with van der Waals surface area (Å²) in [5.74, 6) is 2.65. The maximum absolute atomic E-state index is 12.2. The van der Waals surface area contributed by atoms with Crippen LogP contribution >= 0.6 is 11.8 Å². The predicted molar refractivity (Wildman–Crippen MR) is 84.4 cm³/mol. The van der Waals surface area contributed by atoms with E-state index in [-0.39, 0.29) is 11.4 Å². The monoisotopic (exact) mass is 308 g/mol. The van der Waals surface area contributed by atoms with Gasteiger partial charge in [0.25, 0.3) is 5.91 Å². The van der Waals surface area contributed by atoms with Crippen molar-refractivity contribution in [3.8, 4) is 0 Å². The Labute approximate surface area is 130 Å². The number of carbonyl (C=O) groups is 1. The van der Waals surface area contributed by atoms with Gasteiger partial charge < -0.3 is 10.1 Å². The minimum Gasteiger partial charge on any atom is -0.383 e. The highest BCUT2D eigenvalue weighted by atomic mass is 32.2. The van der Waals surface area contributed by atoms with Gasteiger partial charge in [0.15, 0.2) is 5.17 Å². The van der Waals surface area contributed by atoms with Gasteiger partial charge in [-0.2, -0.15) is 4.99 Å². The Morgan fingerprint density at radius 1 is 1.24 bits per heavy atom. The number of aliphatic imine (C=N–C) groups is 1. The molecule has 1 atom stereocenters. The molecule has 0 radical (unpaired) electrons. The van der Waals surface area contributed by atoms with Crippen LogP contribution < -0.4 is 5.32 Å². The molecule has 0 aromatic rings. The fourth-order valence-electron chi connectivity index (χ4n) is 5.40. The van der Waals surface area contributed by atoms with Gasteiger partial charge in [0.2, 0.25) is 0 Å². The Balaban J connectivity index is 1.50. The number of hydrogen-bond donors (Lipinski definition) is 1. The van der Waals surface area contributed by atoms with Gasteiger partial charge in [-0.05, 0) is 63.2 Å². The van der Waals surface area contributed by atoms with E-state index < -0.39 is 4.75 Å². The summed E-state index contributed by atoms with van der Waals surface area (Å²) in [5, 5.41) is 4.54. The van der Waals surface area contributed by atoms with E-state index in [0.29, 0.717) is 6.61 Å². The molecule has 0 spiro atoms. The summed E-state index contributed by atoms with van der Waals surface area (Å²) in [7, 11) is 1.64. The van der Waals surface area contributed by atoms with Crippen LogP contribution in [0.1, 0.15) is 45.4 Å². The minimum absolute atomic E-state index is 0.0541. The number of nitrogens with zero attached hydrogens (tertiary/aromatic N) is 1. The van der Waals surface area contributed by atoms with Gasteiger partial charge in [-0.15, -0.1) is 0 Å². The molecular weight excluding hydrogens is 284 g/mol. The van der Waals surface area contributed by atoms with E-state index >= 15 is 0 Å². The van der Waals surface area contributed by atoms with Crippen molar-refractivity contribution in [3.05, 3.63) is 0 Å². The zero-order valence-electron chi connectivity index (χ0n) is 12.9. The molecule has 5 aliphatic rings. The smallest absolute Gasteiger partial charge is 0.266 e. The lowest BCUT2D eigenvalue weighted by Crippen LogP contribution is -2.59. The number of methoxy groups -OCH3 is 1. The highest BCUT2D eigenvalue weighted by molar-refractivity contribution is 8.16. The van der Waals surface area contributed by atoms with Crippen LogP contribution in [0, 0.1) is 17.8 Å². The average molecular weight is 308 g/mol. The van der Waals surface area contributed by atoms with E-state index in [0.717, 1.165) is 22.9 Å². The van der Waals surface area contributed by atoms with Crippen molar-refractivity contribution < 1.29 is 9.53 Å². The standard InChI is InChI=1S/C16H24N2O2S/c1-15(9-20-2)13(19)17-14(21-15)18-16-6-10-3-11(7-16)5-12(4-10)8-16/h10-12H,3-9H2,1-2H3,(H,17,18,19). The zero-order chi connectivity index (χ0) is 14.7. The highest BCUT2D eigenvalue weighted by Gasteiger charge is 2.52. The molecule has 1 amide bonds. The topological polar surface area (TPSA) is 50.7 Å². The third-order valence-corrected chi connectivity index (χ3v) is 6.94. The van der Waals surface area contributed by atoms with Crippen LogP contribution in [0.5, 0.6) is 0 Å². The second kappa shape index (κ2) is 4.72. The van der Waals surface area contributed by atoms with Crippen molar-refractivity contribution in [3.63, 3.8) is 0 Å². The van der Waals surface area contributed by atoms with Crippen LogP contribution in [-0.4, -0.2) is 35.1 Å². The molecule has 0 aromatic carbocycles. The Bertz CT molecular complexity index is 469. The van der Waals surface area contributed by atoms with Crippen molar-refractivity contribution in [2.75, 3.05) is 13.7 Å². The fourth-order valence-corrected chi connectivity index (χ4v) is 6.53. The van der Waals surface area contributed by atoms with E-state index in [9.17, 15) is 4.79 Å². The van der Waals surface area contributed by atoms with Gasteiger partial charge in [-0.25, -0.2) is 0 Å². The van der Waals surface area contributed by atoms with Gasteiger partial charge in [-0.1, -0.05) is 11.8 Å². The largest absolute Gasteiger partial charge is 0.383 e. The molecule has 116 valence electrons. The predicted octanol–water partition coefficient (Wildman–Crippen LogP) is 2.58. The Morgan fingerprint density at radius 2 is 1.81 bits per heavy atom. The Hall–Kier alpha value is -0.550. The first-order chi connectivity index (χ1) is 10.0. The van der Waals surface area contributed by atoms with Crippen molar-refractivity contribution in [1.29, 1.82) is 0 Å². The normalized spacial score (nSPS) is 47.8. The number of carbonyl (C=O) groups excluding carboxylic acids is 1. The Morgan fingerprint density at radius 3 is 2.33 bits per heavy atom. The first-order valence-corrected chi connectivity index (χ1v) is 8.91. The van der Waals surface area contributed by atoms with Crippen molar-refractivity contribution in [1.82, 2.24) is 5.32 Å². The first kappa shape index (κ1) is 14.1. The molecule has 4 aliphatic carbocycles. The third-order valence-electron chi connectivity index (χ3n) is 5.81. The summed E-state index contributed by atoms with van der Waals surface area (Å²) < 4.78 is 4.66. The summed E-state index contributed by atoms with van der Waals surface area (Å²) in [4.78, 5) is 16.4. The molecule has 4 bridgehead atoms. The van der Waals surface area contributed by atoms with Crippen molar-refractivity contribution >= 4 is 22.8 Å². The van der Waals surface area contributed by atoms with E-state index in [1.54, 1.807) is 18.9 Å². The molecule has 5 heteroatoms. The molecule has 5 rings (SSSR count). The number of rotatable bonds is 3. The third kappa shape index (κ3) is 2.33. The van der Waals surface area contributed by atoms with Crippen LogP contribution in [0.15, 0.2) is 4.99 Å². The SMILES string of the molecule is COCC1(C)SC(NC23CC4CC(CC(C4)C2)C3)=NC1=O. The molecule has 4 fully saturated rings. The lowest BCUT2D eigenvalue weighted by molar-refractivity contribution is -0.120. The quantitative estimate of drug-likeness (QED) is 0.870. The van der Waals surface area contributed by atoms with Crippen LogP contribution in [0.2, 0.25) is 0 Å². The number of ether oxygens (including phenoxy) is 1. The number of nitrogens with one attached hydrogen (secondary N) is 1. The number of amides is 1. The summed E-state index contributed by atoms with van der Waals surface area (Å²) in [6.07, 6.45) is 8.11. The first-order valence-electron chi connectivity index (χ1n) is 8.09. The van der Waals surface area contributed by atoms with E-state index in [4.69, 9.17) is 4.74 Å². The second-order valence-corrected chi connectivity index (χ2v) is 9.30. The van der Waals surface area contributed by atoms with Crippen LogP contribution in [-0.2, 0) is 9.53 Å². The summed E-state index contributed by atoms with van der Waals surface area (Å²) in [6.45, 7) is 2.35. The van der Waals surface area contributed by atoms with Crippen molar-refractivity contribution in [2.24, 2.45) is 22.7 Å². The van der Waals surface area contributed by atoms with Gasteiger partial charge in [0.05, 0.1) is 6.61 Å². The number of thioether (sulfide) groups is 1. The summed E-state index contributed by atoms with van der Waals surface area (Å²) in [6, 6.07) is 0. The van der Waals surface area contributed by atoms with Crippen molar-refractivity contribution in [2.45, 2.75) is 55.7 Å². The minimum atomic E-state index is -0.542. The molecular formula is C16H24N2O2S. The lowest BCUT2D eigenvalue weighted by atomic mass is 9.53. The molecule has 4 saturated carbocycles. The van der Waals surface area contributed by atoms with Crippen LogP contribution in [0.4, 0.5) is 0 Å². The van der Waals surface area contributed by atoms with Crippen LogP contribution in [0.25, 0.3) is 0 Å². The second-order valence-electron chi connectivity index (χ2n) is 7.81. The molecule has 21 heavy (non-hydrogen) atoms. The molecule has 1 N–H and O–H groups in total. The number of hydrogen-bond acceptors (Lipinski definition) is 4. The molecule has 1 unspecified atom stereocenters. The fraction of sp³-hybridized carbons (Fsp3) is 0.875. The van der Waals surface area contributed by atoms with Gasteiger partial charge in [-0.3, -0.25) is 4.79 Å². The molecule has 0 aromatic heterocycles.